The lowest BCUT2D eigenvalue weighted by Gasteiger charge is -2.22. The SMILES string of the molecule is O=C(Nc1ncc(-c2ccc3[nH]ccc3c2)o1)C1CCCN1C(=O)OCc1ccccc1. The first-order valence-corrected chi connectivity index (χ1v) is 10.5. The van der Waals surface area contributed by atoms with E-state index in [4.69, 9.17) is 9.15 Å². The van der Waals surface area contributed by atoms with Gasteiger partial charge in [-0.2, -0.15) is 0 Å². The van der Waals surface area contributed by atoms with Gasteiger partial charge in [0, 0.05) is 29.2 Å². The zero-order valence-electron chi connectivity index (χ0n) is 17.3. The summed E-state index contributed by atoms with van der Waals surface area (Å²) in [4.78, 5) is 34.2. The van der Waals surface area contributed by atoms with Crippen molar-refractivity contribution in [1.82, 2.24) is 14.9 Å². The minimum atomic E-state index is -0.621. The van der Waals surface area contributed by atoms with Gasteiger partial charge in [-0.05, 0) is 42.7 Å². The van der Waals surface area contributed by atoms with E-state index in [1.54, 1.807) is 6.20 Å². The van der Waals surface area contributed by atoms with E-state index in [1.165, 1.54) is 4.90 Å². The Labute approximate surface area is 184 Å². The Morgan fingerprint density at radius 2 is 2.06 bits per heavy atom. The summed E-state index contributed by atoms with van der Waals surface area (Å²) in [5.41, 5.74) is 2.78. The molecule has 0 spiro atoms. The Balaban J connectivity index is 1.22. The van der Waals surface area contributed by atoms with Crippen LogP contribution in [0.3, 0.4) is 0 Å². The number of H-pyrrole nitrogens is 1. The molecule has 1 aliphatic rings. The summed E-state index contributed by atoms with van der Waals surface area (Å²) in [7, 11) is 0. The number of hydrogen-bond donors (Lipinski definition) is 2. The number of carbonyl (C=O) groups is 2. The molecule has 5 rings (SSSR count). The molecule has 2 amide bonds. The van der Waals surface area contributed by atoms with Gasteiger partial charge in [0.05, 0.1) is 6.20 Å². The smallest absolute Gasteiger partial charge is 0.410 e. The number of rotatable bonds is 5. The average molecular weight is 430 g/mol. The molecule has 1 unspecified atom stereocenters. The summed E-state index contributed by atoms with van der Waals surface area (Å²) in [6.07, 6.45) is 4.23. The second-order valence-electron chi connectivity index (χ2n) is 7.69. The molecule has 0 radical (unpaired) electrons. The summed E-state index contributed by atoms with van der Waals surface area (Å²) in [5.74, 6) is 0.211. The van der Waals surface area contributed by atoms with Crippen molar-refractivity contribution in [3.8, 4) is 11.3 Å². The van der Waals surface area contributed by atoms with Gasteiger partial charge in [0.25, 0.3) is 5.91 Å². The van der Waals surface area contributed by atoms with Crippen molar-refractivity contribution in [2.75, 3.05) is 11.9 Å². The number of oxazole rings is 1. The standard InChI is InChI=1S/C24H22N4O4/c29-22(20-7-4-12-28(20)24(30)31-15-16-5-2-1-3-6-16)27-23-26-14-21(32-23)18-8-9-19-17(13-18)10-11-25-19/h1-3,5-6,8-11,13-14,20,25H,4,7,12,15H2,(H,26,27,29). The number of anilines is 1. The van der Waals surface area contributed by atoms with E-state index in [2.05, 4.69) is 15.3 Å². The average Bonchev–Trinajstić information content (AvgIpc) is 3.58. The highest BCUT2D eigenvalue weighted by Crippen LogP contribution is 2.27. The molecule has 4 aromatic rings. The molecule has 1 aliphatic heterocycles. The number of nitrogens with zero attached hydrogens (tertiary/aromatic N) is 2. The number of aromatic amines is 1. The third-order valence-corrected chi connectivity index (χ3v) is 5.57. The summed E-state index contributed by atoms with van der Waals surface area (Å²) >= 11 is 0. The first-order chi connectivity index (χ1) is 15.7. The number of ether oxygens (including phenoxy) is 1. The summed E-state index contributed by atoms with van der Waals surface area (Å²) in [5, 5.41) is 3.75. The van der Waals surface area contributed by atoms with Crippen molar-refractivity contribution in [2.45, 2.75) is 25.5 Å². The number of likely N-dealkylation sites (tertiary alicyclic amines) is 1. The van der Waals surface area contributed by atoms with Crippen molar-refractivity contribution in [3.05, 3.63) is 72.6 Å². The lowest BCUT2D eigenvalue weighted by atomic mass is 10.1. The van der Waals surface area contributed by atoms with Crippen molar-refractivity contribution in [3.63, 3.8) is 0 Å². The van der Waals surface area contributed by atoms with Gasteiger partial charge in [-0.25, -0.2) is 9.78 Å². The first kappa shape index (κ1) is 19.9. The molecule has 2 N–H and O–H groups in total. The highest BCUT2D eigenvalue weighted by Gasteiger charge is 2.35. The Hall–Kier alpha value is -4.07. The normalized spacial score (nSPS) is 15.8. The van der Waals surface area contributed by atoms with Gasteiger partial charge in [-0.3, -0.25) is 15.0 Å². The van der Waals surface area contributed by atoms with Crippen LogP contribution in [0.25, 0.3) is 22.2 Å². The number of hydrogen-bond acceptors (Lipinski definition) is 5. The largest absolute Gasteiger partial charge is 0.445 e. The predicted octanol–water partition coefficient (Wildman–Crippen LogP) is 4.56. The first-order valence-electron chi connectivity index (χ1n) is 10.5. The van der Waals surface area contributed by atoms with Crippen molar-refractivity contribution in [2.24, 2.45) is 0 Å². The fourth-order valence-corrected chi connectivity index (χ4v) is 3.92. The van der Waals surface area contributed by atoms with E-state index in [0.717, 1.165) is 28.5 Å². The van der Waals surface area contributed by atoms with Crippen LogP contribution < -0.4 is 5.32 Å². The minimum Gasteiger partial charge on any atom is -0.445 e. The Bertz CT molecular complexity index is 1250. The number of carbonyl (C=O) groups excluding carboxylic acids is 2. The fourth-order valence-electron chi connectivity index (χ4n) is 3.92. The number of aromatic nitrogens is 2. The van der Waals surface area contributed by atoms with Crippen LogP contribution >= 0.6 is 0 Å². The zero-order chi connectivity index (χ0) is 21.9. The van der Waals surface area contributed by atoms with Gasteiger partial charge < -0.3 is 14.1 Å². The molecule has 2 aromatic heterocycles. The van der Waals surface area contributed by atoms with Gasteiger partial charge in [-0.1, -0.05) is 30.3 Å². The number of benzene rings is 2. The molecule has 2 aromatic carbocycles. The quantitative estimate of drug-likeness (QED) is 0.483. The highest BCUT2D eigenvalue weighted by atomic mass is 16.6. The Morgan fingerprint density at radius 1 is 1.19 bits per heavy atom. The Kier molecular flexibility index (Phi) is 5.33. The fraction of sp³-hybridized carbons (Fsp3) is 0.208. The number of nitrogens with one attached hydrogen (secondary N) is 2. The topological polar surface area (TPSA) is 100 Å². The molecule has 0 saturated carbocycles. The minimum absolute atomic E-state index is 0.101. The van der Waals surface area contributed by atoms with Gasteiger partial charge in [0.15, 0.2) is 5.76 Å². The van der Waals surface area contributed by atoms with Crippen LogP contribution in [0.2, 0.25) is 0 Å². The predicted molar refractivity (Wildman–Crippen MR) is 119 cm³/mol. The molecule has 0 bridgehead atoms. The molecule has 1 saturated heterocycles. The van der Waals surface area contributed by atoms with E-state index >= 15 is 0 Å². The maximum absolute atomic E-state index is 12.8. The molecule has 8 heteroatoms. The van der Waals surface area contributed by atoms with Gasteiger partial charge in [0.2, 0.25) is 0 Å². The van der Waals surface area contributed by atoms with Crippen LogP contribution in [0.15, 0.2) is 71.4 Å². The van der Waals surface area contributed by atoms with Crippen LogP contribution in [0.1, 0.15) is 18.4 Å². The van der Waals surface area contributed by atoms with Crippen LogP contribution in [0, 0.1) is 0 Å². The molecule has 0 aliphatic carbocycles. The van der Waals surface area contributed by atoms with Crippen LogP contribution in [-0.2, 0) is 16.1 Å². The number of amides is 2. The summed E-state index contributed by atoms with van der Waals surface area (Å²) in [6.45, 7) is 0.637. The second kappa shape index (κ2) is 8.58. The van der Waals surface area contributed by atoms with E-state index in [-0.39, 0.29) is 18.5 Å². The van der Waals surface area contributed by atoms with E-state index in [0.29, 0.717) is 18.7 Å². The molecule has 162 valence electrons. The van der Waals surface area contributed by atoms with E-state index in [1.807, 2.05) is 60.8 Å². The van der Waals surface area contributed by atoms with E-state index in [9.17, 15) is 9.59 Å². The molecule has 1 atom stereocenters. The van der Waals surface area contributed by atoms with Gasteiger partial charge >= 0.3 is 12.1 Å². The van der Waals surface area contributed by atoms with Gasteiger partial charge in [-0.15, -0.1) is 0 Å². The molecule has 32 heavy (non-hydrogen) atoms. The molecule has 8 nitrogen and oxygen atoms in total. The van der Waals surface area contributed by atoms with Crippen molar-refractivity contribution in [1.29, 1.82) is 0 Å². The maximum Gasteiger partial charge on any atom is 0.410 e. The summed E-state index contributed by atoms with van der Waals surface area (Å²) in [6, 6.07) is 16.8. The van der Waals surface area contributed by atoms with Crippen molar-refractivity contribution >= 4 is 28.9 Å². The van der Waals surface area contributed by atoms with Crippen LogP contribution in [-0.4, -0.2) is 39.5 Å². The monoisotopic (exact) mass is 430 g/mol. The Morgan fingerprint density at radius 3 is 2.94 bits per heavy atom. The van der Waals surface area contributed by atoms with Crippen molar-refractivity contribution < 1.29 is 18.7 Å². The van der Waals surface area contributed by atoms with Gasteiger partial charge in [0.1, 0.15) is 12.6 Å². The molecular formula is C24H22N4O4. The lowest BCUT2D eigenvalue weighted by molar-refractivity contribution is -0.120. The van der Waals surface area contributed by atoms with Crippen LogP contribution in [0.5, 0.6) is 0 Å². The molecule has 3 heterocycles. The molecular weight excluding hydrogens is 408 g/mol. The zero-order valence-corrected chi connectivity index (χ0v) is 17.3. The maximum atomic E-state index is 12.8. The lowest BCUT2D eigenvalue weighted by Crippen LogP contribution is -2.43. The third-order valence-electron chi connectivity index (χ3n) is 5.57. The highest BCUT2D eigenvalue weighted by molar-refractivity contribution is 5.95. The van der Waals surface area contributed by atoms with E-state index < -0.39 is 12.1 Å². The molecule has 1 fully saturated rings. The second-order valence-corrected chi connectivity index (χ2v) is 7.69. The number of fused-ring (bicyclic) bond motifs is 1. The summed E-state index contributed by atoms with van der Waals surface area (Å²) < 4.78 is 11.1. The third kappa shape index (κ3) is 4.07. The van der Waals surface area contributed by atoms with Crippen LogP contribution in [0.4, 0.5) is 10.8 Å².